The molecule has 2 aliphatic rings. The standard InChI is InChI=1S/C14H13NO5S/c1-21(19,20)11-7-8-6-9(2-3-10(8)14(11)18)15-12(16)4-5-13(15)17/h2-3,6,11H,4-5,7H2,1H3. The fraction of sp³-hybridized carbons (Fsp3) is 0.357. The van der Waals surface area contributed by atoms with Crippen LogP contribution in [0.15, 0.2) is 18.2 Å². The van der Waals surface area contributed by atoms with Gasteiger partial charge in [-0.15, -0.1) is 0 Å². The van der Waals surface area contributed by atoms with E-state index in [1.165, 1.54) is 12.1 Å². The van der Waals surface area contributed by atoms with Crippen molar-refractivity contribution in [3.8, 4) is 0 Å². The molecule has 1 heterocycles. The maximum absolute atomic E-state index is 12.1. The van der Waals surface area contributed by atoms with Crippen LogP contribution in [-0.2, 0) is 25.8 Å². The molecule has 21 heavy (non-hydrogen) atoms. The van der Waals surface area contributed by atoms with Crippen molar-refractivity contribution in [2.45, 2.75) is 24.5 Å². The molecule has 1 aliphatic carbocycles. The molecule has 7 heteroatoms. The molecule has 2 amide bonds. The predicted octanol–water partition coefficient (Wildman–Crippen LogP) is 0.492. The smallest absolute Gasteiger partial charge is 0.234 e. The summed E-state index contributed by atoms with van der Waals surface area (Å²) in [6, 6.07) is 4.58. The van der Waals surface area contributed by atoms with Gasteiger partial charge in [0.25, 0.3) is 0 Å². The van der Waals surface area contributed by atoms with E-state index in [0.717, 1.165) is 11.2 Å². The van der Waals surface area contributed by atoms with Gasteiger partial charge < -0.3 is 0 Å². The highest BCUT2D eigenvalue weighted by atomic mass is 32.2. The molecule has 1 saturated heterocycles. The van der Waals surface area contributed by atoms with Crippen molar-refractivity contribution in [2.24, 2.45) is 0 Å². The summed E-state index contributed by atoms with van der Waals surface area (Å²) >= 11 is 0. The van der Waals surface area contributed by atoms with Crippen LogP contribution in [-0.4, -0.2) is 37.5 Å². The first-order valence-corrected chi connectivity index (χ1v) is 8.46. The zero-order valence-corrected chi connectivity index (χ0v) is 12.1. The zero-order chi connectivity index (χ0) is 15.4. The summed E-state index contributed by atoms with van der Waals surface area (Å²) in [7, 11) is -3.47. The summed E-state index contributed by atoms with van der Waals surface area (Å²) in [4.78, 5) is 36.6. The number of anilines is 1. The Kier molecular flexibility index (Phi) is 2.98. The highest BCUT2D eigenvalue weighted by Gasteiger charge is 2.38. The van der Waals surface area contributed by atoms with Crippen molar-refractivity contribution in [3.05, 3.63) is 29.3 Å². The first-order valence-electron chi connectivity index (χ1n) is 6.51. The van der Waals surface area contributed by atoms with Gasteiger partial charge in [-0.25, -0.2) is 8.42 Å². The number of benzene rings is 1. The number of ketones is 1. The third-order valence-corrected chi connectivity index (χ3v) is 5.29. The van der Waals surface area contributed by atoms with E-state index in [4.69, 9.17) is 0 Å². The molecule has 1 unspecified atom stereocenters. The maximum Gasteiger partial charge on any atom is 0.234 e. The molecule has 0 N–H and O–H groups in total. The number of amides is 2. The van der Waals surface area contributed by atoms with E-state index in [-0.39, 0.29) is 31.1 Å². The Balaban J connectivity index is 2.01. The topological polar surface area (TPSA) is 88.6 Å². The van der Waals surface area contributed by atoms with E-state index >= 15 is 0 Å². The van der Waals surface area contributed by atoms with Crippen molar-refractivity contribution >= 4 is 33.1 Å². The lowest BCUT2D eigenvalue weighted by molar-refractivity contribution is -0.121. The second-order valence-corrected chi connectivity index (χ2v) is 7.58. The summed E-state index contributed by atoms with van der Waals surface area (Å²) in [5.74, 6) is -0.967. The quantitative estimate of drug-likeness (QED) is 0.742. The minimum atomic E-state index is -3.47. The number of hydrogen-bond donors (Lipinski definition) is 0. The van der Waals surface area contributed by atoms with Gasteiger partial charge in [0.15, 0.2) is 15.6 Å². The molecule has 0 saturated carbocycles. The Hall–Kier alpha value is -2.02. The Labute approximate surface area is 121 Å². The Morgan fingerprint density at radius 3 is 2.29 bits per heavy atom. The number of carbonyl (C=O) groups is 3. The van der Waals surface area contributed by atoms with Crippen LogP contribution in [0.1, 0.15) is 28.8 Å². The molecular formula is C14H13NO5S. The minimum absolute atomic E-state index is 0.0943. The van der Waals surface area contributed by atoms with Crippen molar-refractivity contribution in [2.75, 3.05) is 11.2 Å². The summed E-state index contributed by atoms with van der Waals surface area (Å²) in [5, 5.41) is -1.06. The Morgan fingerprint density at radius 1 is 1.10 bits per heavy atom. The summed E-state index contributed by atoms with van der Waals surface area (Å²) in [6.07, 6.45) is 1.49. The molecule has 0 aromatic heterocycles. The molecule has 3 rings (SSSR count). The fourth-order valence-corrected chi connectivity index (χ4v) is 3.80. The Bertz CT molecular complexity index is 765. The van der Waals surface area contributed by atoms with Gasteiger partial charge in [-0.1, -0.05) is 0 Å². The molecule has 0 spiro atoms. The van der Waals surface area contributed by atoms with Crippen LogP contribution in [0.2, 0.25) is 0 Å². The van der Waals surface area contributed by atoms with Crippen molar-refractivity contribution < 1.29 is 22.8 Å². The van der Waals surface area contributed by atoms with Crippen LogP contribution >= 0.6 is 0 Å². The van der Waals surface area contributed by atoms with Gasteiger partial charge in [0.05, 0.1) is 5.69 Å². The van der Waals surface area contributed by atoms with E-state index < -0.39 is 20.9 Å². The lowest BCUT2D eigenvalue weighted by atomic mass is 10.1. The molecule has 0 radical (unpaired) electrons. The van der Waals surface area contributed by atoms with Crippen LogP contribution in [0.3, 0.4) is 0 Å². The molecule has 110 valence electrons. The third-order valence-electron chi connectivity index (χ3n) is 3.88. The first kappa shape index (κ1) is 13.9. The first-order chi connectivity index (χ1) is 9.79. The van der Waals surface area contributed by atoms with E-state index in [1.54, 1.807) is 6.07 Å². The van der Waals surface area contributed by atoms with Crippen LogP contribution in [0, 0.1) is 0 Å². The van der Waals surface area contributed by atoms with Gasteiger partial charge in [-0.3, -0.25) is 19.3 Å². The average Bonchev–Trinajstić information content (AvgIpc) is 2.90. The lowest BCUT2D eigenvalue weighted by Gasteiger charge is -2.14. The third kappa shape index (κ3) is 2.17. The normalized spacial score (nSPS) is 22.0. The molecule has 6 nitrogen and oxygen atoms in total. The molecule has 1 atom stereocenters. The second-order valence-electron chi connectivity index (χ2n) is 5.35. The molecule has 1 aromatic rings. The van der Waals surface area contributed by atoms with Gasteiger partial charge in [0.1, 0.15) is 5.25 Å². The molecular weight excluding hydrogens is 294 g/mol. The number of imide groups is 1. The van der Waals surface area contributed by atoms with E-state index in [9.17, 15) is 22.8 Å². The van der Waals surface area contributed by atoms with Crippen LogP contribution in [0.25, 0.3) is 0 Å². The number of nitrogens with zero attached hydrogens (tertiary/aromatic N) is 1. The van der Waals surface area contributed by atoms with Gasteiger partial charge >= 0.3 is 0 Å². The largest absolute Gasteiger partial charge is 0.293 e. The molecule has 1 fully saturated rings. The number of rotatable bonds is 2. The number of fused-ring (bicyclic) bond motifs is 1. The number of sulfone groups is 1. The van der Waals surface area contributed by atoms with Crippen molar-refractivity contribution in [1.82, 2.24) is 0 Å². The van der Waals surface area contributed by atoms with Gasteiger partial charge in [0.2, 0.25) is 11.8 Å². The summed E-state index contributed by atoms with van der Waals surface area (Å²) < 4.78 is 23.2. The monoisotopic (exact) mass is 307 g/mol. The van der Waals surface area contributed by atoms with Crippen molar-refractivity contribution in [3.63, 3.8) is 0 Å². The van der Waals surface area contributed by atoms with E-state index in [1.807, 2.05) is 0 Å². The van der Waals surface area contributed by atoms with E-state index in [2.05, 4.69) is 0 Å². The Morgan fingerprint density at radius 2 is 1.71 bits per heavy atom. The van der Waals surface area contributed by atoms with Crippen LogP contribution < -0.4 is 4.90 Å². The van der Waals surface area contributed by atoms with Gasteiger partial charge in [-0.2, -0.15) is 0 Å². The SMILES string of the molecule is CS(=O)(=O)C1Cc2cc(N3C(=O)CCC3=O)ccc2C1=O. The minimum Gasteiger partial charge on any atom is -0.293 e. The zero-order valence-electron chi connectivity index (χ0n) is 11.3. The summed E-state index contributed by atoms with van der Waals surface area (Å²) in [6.45, 7) is 0. The highest BCUT2D eigenvalue weighted by molar-refractivity contribution is 7.92. The number of Topliss-reactive ketones (excluding diaryl/α,β-unsaturated/α-hetero) is 1. The molecule has 0 bridgehead atoms. The fourth-order valence-electron chi connectivity index (χ4n) is 2.80. The lowest BCUT2D eigenvalue weighted by Crippen LogP contribution is -2.28. The summed E-state index contributed by atoms with van der Waals surface area (Å²) in [5.41, 5.74) is 1.33. The van der Waals surface area contributed by atoms with Crippen LogP contribution in [0.5, 0.6) is 0 Å². The van der Waals surface area contributed by atoms with Gasteiger partial charge in [0, 0.05) is 24.7 Å². The maximum atomic E-state index is 12.1. The molecule has 1 aromatic carbocycles. The molecule has 1 aliphatic heterocycles. The van der Waals surface area contributed by atoms with E-state index in [0.29, 0.717) is 16.8 Å². The average molecular weight is 307 g/mol. The second kappa shape index (κ2) is 4.49. The van der Waals surface area contributed by atoms with Crippen LogP contribution in [0.4, 0.5) is 5.69 Å². The van der Waals surface area contributed by atoms with Gasteiger partial charge in [-0.05, 0) is 30.2 Å². The van der Waals surface area contributed by atoms with Crippen molar-refractivity contribution in [1.29, 1.82) is 0 Å². The predicted molar refractivity (Wildman–Crippen MR) is 74.8 cm³/mol. The number of carbonyl (C=O) groups excluding carboxylic acids is 3. The number of hydrogen-bond acceptors (Lipinski definition) is 5. The highest BCUT2D eigenvalue weighted by Crippen LogP contribution is 2.31.